The molecule has 3 aromatic rings. The maximum Gasteiger partial charge on any atom is 0.416 e. The van der Waals surface area contributed by atoms with Crippen LogP contribution >= 0.6 is 0 Å². The Morgan fingerprint density at radius 3 is 2.50 bits per heavy atom. The van der Waals surface area contributed by atoms with E-state index in [1.807, 2.05) is 6.07 Å². The molecular weight excluding hydrogens is 419 g/mol. The summed E-state index contributed by atoms with van der Waals surface area (Å²) in [5, 5.41) is 3.07. The highest BCUT2D eigenvalue weighted by Gasteiger charge is 2.47. The van der Waals surface area contributed by atoms with Gasteiger partial charge in [0, 0.05) is 38.2 Å². The number of nitrogens with one attached hydrogen (secondary N) is 1. The molecular formula is C23H20F3N5O. The maximum absolute atomic E-state index is 12.9. The predicted octanol–water partition coefficient (Wildman–Crippen LogP) is 3.83. The van der Waals surface area contributed by atoms with E-state index in [4.69, 9.17) is 0 Å². The molecule has 1 aliphatic carbocycles. The van der Waals surface area contributed by atoms with Crippen molar-refractivity contribution in [1.29, 1.82) is 0 Å². The normalized spacial score (nSPS) is 17.1. The topological polar surface area (TPSA) is 71.0 Å². The van der Waals surface area contributed by atoms with Crippen LogP contribution in [0.25, 0.3) is 0 Å². The molecule has 1 aliphatic heterocycles. The number of halogens is 3. The van der Waals surface area contributed by atoms with Crippen molar-refractivity contribution in [3.8, 4) is 0 Å². The van der Waals surface area contributed by atoms with Gasteiger partial charge >= 0.3 is 6.18 Å². The minimum absolute atomic E-state index is 0.204. The van der Waals surface area contributed by atoms with Crippen molar-refractivity contribution in [3.63, 3.8) is 0 Å². The van der Waals surface area contributed by atoms with E-state index < -0.39 is 17.3 Å². The molecule has 164 valence electrons. The Bertz CT molecular complexity index is 1140. The van der Waals surface area contributed by atoms with E-state index in [9.17, 15) is 18.0 Å². The van der Waals surface area contributed by atoms with Crippen LogP contribution in [-0.2, 0) is 31.3 Å². The standard InChI is InChI=1S/C23H20F3N5O/c24-23(25,26)18-3-1-15(2-4-18)12-31-13-17-9-16(10-29-19(17)14-31)21(32)30-22(5-6-22)20-11-27-7-8-28-20/h1-4,7-11H,5-6,12-14H2,(H,30,32). The Labute approximate surface area is 182 Å². The van der Waals surface area contributed by atoms with E-state index in [0.717, 1.165) is 47.5 Å². The lowest BCUT2D eigenvalue weighted by atomic mass is 10.1. The third kappa shape index (κ3) is 4.08. The molecule has 0 atom stereocenters. The first-order valence-electron chi connectivity index (χ1n) is 10.3. The van der Waals surface area contributed by atoms with E-state index in [-0.39, 0.29) is 5.91 Å². The van der Waals surface area contributed by atoms with Crippen LogP contribution in [0, 0.1) is 0 Å². The van der Waals surface area contributed by atoms with Crippen molar-refractivity contribution in [1.82, 2.24) is 25.2 Å². The molecule has 1 amide bonds. The van der Waals surface area contributed by atoms with Crippen LogP contribution in [-0.4, -0.2) is 25.8 Å². The summed E-state index contributed by atoms with van der Waals surface area (Å²) < 4.78 is 38.3. The first kappa shape index (κ1) is 20.6. The van der Waals surface area contributed by atoms with E-state index in [1.54, 1.807) is 24.8 Å². The number of benzene rings is 1. The second-order valence-corrected chi connectivity index (χ2v) is 8.30. The third-order valence-electron chi connectivity index (χ3n) is 5.93. The Hall–Kier alpha value is -3.33. The van der Waals surface area contributed by atoms with Crippen molar-refractivity contribution in [2.24, 2.45) is 0 Å². The first-order valence-corrected chi connectivity index (χ1v) is 10.3. The number of nitrogens with zero attached hydrogens (tertiary/aromatic N) is 4. The van der Waals surface area contributed by atoms with Gasteiger partial charge in [0.15, 0.2) is 0 Å². The van der Waals surface area contributed by atoms with Crippen LogP contribution < -0.4 is 5.32 Å². The minimum atomic E-state index is -4.34. The molecule has 2 aromatic heterocycles. The van der Waals surface area contributed by atoms with E-state index >= 15 is 0 Å². The molecule has 1 aromatic carbocycles. The lowest BCUT2D eigenvalue weighted by Crippen LogP contribution is -2.35. The van der Waals surface area contributed by atoms with Gasteiger partial charge in [-0.05, 0) is 42.2 Å². The van der Waals surface area contributed by atoms with Crippen LogP contribution in [0.1, 0.15) is 51.3 Å². The largest absolute Gasteiger partial charge is 0.416 e. The summed E-state index contributed by atoms with van der Waals surface area (Å²) in [4.78, 5) is 27.8. The molecule has 2 aliphatic rings. The fourth-order valence-corrected chi connectivity index (χ4v) is 4.03. The smallest absolute Gasteiger partial charge is 0.341 e. The van der Waals surface area contributed by atoms with Gasteiger partial charge in [-0.3, -0.25) is 24.6 Å². The average molecular weight is 439 g/mol. The molecule has 0 bridgehead atoms. The third-order valence-corrected chi connectivity index (χ3v) is 5.93. The van der Waals surface area contributed by atoms with Gasteiger partial charge in [0.2, 0.25) is 0 Å². The minimum Gasteiger partial charge on any atom is -0.341 e. The molecule has 3 heterocycles. The molecule has 0 saturated heterocycles. The Kier molecular flexibility index (Phi) is 4.93. The summed E-state index contributed by atoms with van der Waals surface area (Å²) in [7, 11) is 0. The molecule has 6 nitrogen and oxygen atoms in total. The summed E-state index contributed by atoms with van der Waals surface area (Å²) in [6.07, 6.45) is 3.75. The van der Waals surface area contributed by atoms with Gasteiger partial charge in [0.25, 0.3) is 5.91 Å². The Balaban J connectivity index is 1.24. The lowest BCUT2D eigenvalue weighted by Gasteiger charge is -2.16. The number of aromatic nitrogens is 3. The quantitative estimate of drug-likeness (QED) is 0.655. The molecule has 0 radical (unpaired) electrons. The second kappa shape index (κ2) is 7.67. The zero-order valence-corrected chi connectivity index (χ0v) is 17.1. The van der Waals surface area contributed by atoms with Crippen LogP contribution in [0.2, 0.25) is 0 Å². The number of carbonyl (C=O) groups excluding carboxylic acids is 1. The number of hydrogen-bond acceptors (Lipinski definition) is 5. The van der Waals surface area contributed by atoms with Crippen molar-refractivity contribution < 1.29 is 18.0 Å². The van der Waals surface area contributed by atoms with Gasteiger partial charge in [-0.15, -0.1) is 0 Å². The molecule has 1 N–H and O–H groups in total. The molecule has 0 spiro atoms. The van der Waals surface area contributed by atoms with Gasteiger partial charge in [0.05, 0.1) is 34.3 Å². The summed E-state index contributed by atoms with van der Waals surface area (Å²) in [6, 6.07) is 7.05. The molecule has 1 saturated carbocycles. The van der Waals surface area contributed by atoms with Crippen LogP contribution in [0.4, 0.5) is 13.2 Å². The average Bonchev–Trinajstić information content (AvgIpc) is 3.45. The number of amides is 1. The van der Waals surface area contributed by atoms with Gasteiger partial charge < -0.3 is 5.32 Å². The molecule has 1 fully saturated rings. The number of fused-ring (bicyclic) bond motifs is 1. The van der Waals surface area contributed by atoms with Gasteiger partial charge in [-0.2, -0.15) is 13.2 Å². The first-order chi connectivity index (χ1) is 15.3. The zero-order valence-electron chi connectivity index (χ0n) is 17.1. The summed E-state index contributed by atoms with van der Waals surface area (Å²) >= 11 is 0. The van der Waals surface area contributed by atoms with E-state index in [1.165, 1.54) is 12.1 Å². The number of alkyl halides is 3. The van der Waals surface area contributed by atoms with E-state index in [0.29, 0.717) is 25.2 Å². The SMILES string of the molecule is O=C(NC1(c2cnccn2)CC1)c1cnc2c(c1)CN(Cc1ccc(C(F)(F)F)cc1)C2. The second-order valence-electron chi connectivity index (χ2n) is 8.30. The predicted molar refractivity (Wildman–Crippen MR) is 109 cm³/mol. The zero-order chi connectivity index (χ0) is 22.3. The molecule has 9 heteroatoms. The Morgan fingerprint density at radius 2 is 1.84 bits per heavy atom. The monoisotopic (exact) mass is 439 g/mol. The van der Waals surface area contributed by atoms with Crippen molar-refractivity contribution in [3.05, 3.63) is 88.8 Å². The molecule has 0 unspecified atom stereocenters. The highest BCUT2D eigenvalue weighted by atomic mass is 19.4. The number of hydrogen-bond donors (Lipinski definition) is 1. The maximum atomic E-state index is 12.9. The van der Waals surface area contributed by atoms with Crippen molar-refractivity contribution in [2.45, 2.75) is 44.2 Å². The van der Waals surface area contributed by atoms with Crippen LogP contribution in [0.15, 0.2) is 55.1 Å². The number of pyridine rings is 1. The van der Waals surface area contributed by atoms with Crippen molar-refractivity contribution >= 4 is 5.91 Å². The van der Waals surface area contributed by atoms with Gasteiger partial charge in [0.1, 0.15) is 0 Å². The molecule has 32 heavy (non-hydrogen) atoms. The lowest BCUT2D eigenvalue weighted by molar-refractivity contribution is -0.137. The summed E-state index contributed by atoms with van der Waals surface area (Å²) in [5.74, 6) is -0.204. The molecule has 5 rings (SSSR count). The number of rotatable bonds is 5. The van der Waals surface area contributed by atoms with Gasteiger partial charge in [-0.25, -0.2) is 0 Å². The van der Waals surface area contributed by atoms with Crippen LogP contribution in [0.5, 0.6) is 0 Å². The number of carbonyl (C=O) groups is 1. The van der Waals surface area contributed by atoms with Gasteiger partial charge in [-0.1, -0.05) is 12.1 Å². The fraction of sp³-hybridized carbons (Fsp3) is 0.304. The highest BCUT2D eigenvalue weighted by Crippen LogP contribution is 2.44. The Morgan fingerprint density at radius 1 is 1.06 bits per heavy atom. The fourth-order valence-electron chi connectivity index (χ4n) is 4.03. The summed E-state index contributed by atoms with van der Waals surface area (Å²) in [5.41, 5.74) is 2.75. The highest BCUT2D eigenvalue weighted by molar-refractivity contribution is 5.95. The van der Waals surface area contributed by atoms with Crippen LogP contribution in [0.3, 0.4) is 0 Å². The van der Waals surface area contributed by atoms with E-state index in [2.05, 4.69) is 25.2 Å². The summed E-state index contributed by atoms with van der Waals surface area (Å²) in [6.45, 7) is 1.67. The van der Waals surface area contributed by atoms with Crippen molar-refractivity contribution in [2.75, 3.05) is 0 Å².